The molecule has 72 valence electrons. The van der Waals surface area contributed by atoms with Crippen LogP contribution < -0.4 is 0 Å². The first kappa shape index (κ1) is 17.2. The van der Waals surface area contributed by atoms with E-state index in [9.17, 15) is 0 Å². The van der Waals surface area contributed by atoms with E-state index in [0.29, 0.717) is 0 Å². The molecule has 0 nitrogen and oxygen atoms in total. The highest BCUT2D eigenvalue weighted by atomic mass is 14.0. The van der Waals surface area contributed by atoms with Gasteiger partial charge in [-0.2, -0.15) is 0 Å². The van der Waals surface area contributed by atoms with E-state index in [2.05, 4.69) is 20.8 Å². The van der Waals surface area contributed by atoms with Gasteiger partial charge in [-0.3, -0.25) is 0 Å². The minimum atomic E-state index is 0. The van der Waals surface area contributed by atoms with Crippen molar-refractivity contribution in [1.82, 2.24) is 0 Å². The lowest BCUT2D eigenvalue weighted by Crippen LogP contribution is -1.94. The smallest absolute Gasteiger partial charge is 0.0420 e. The molecule has 0 rings (SSSR count). The lowest BCUT2D eigenvalue weighted by atomic mass is 9.98. The van der Waals surface area contributed by atoms with Crippen LogP contribution in [-0.2, 0) is 0 Å². The Bertz CT molecular complexity index is 35.3. The van der Waals surface area contributed by atoms with E-state index in [1.165, 1.54) is 25.7 Å². The molecule has 0 radical (unpaired) electrons. The monoisotopic (exact) mass is 160 g/mol. The number of rotatable bonds is 4. The Balaban J connectivity index is -0.000000196. The molecule has 0 fully saturated rings. The maximum atomic E-state index is 2.28. The molecule has 0 atom stereocenters. The van der Waals surface area contributed by atoms with Crippen molar-refractivity contribution in [2.24, 2.45) is 5.92 Å². The predicted molar refractivity (Wildman–Crippen MR) is 57.1 cm³/mol. The second kappa shape index (κ2) is 16.5. The molecule has 0 aliphatic carbocycles. The first-order valence-electron chi connectivity index (χ1n) is 4.85. The quantitative estimate of drug-likeness (QED) is 0.549. The summed E-state index contributed by atoms with van der Waals surface area (Å²) in [7, 11) is 0. The van der Waals surface area contributed by atoms with Crippen LogP contribution in [0.4, 0.5) is 0 Å². The van der Waals surface area contributed by atoms with Crippen molar-refractivity contribution < 1.29 is 0 Å². The summed E-state index contributed by atoms with van der Waals surface area (Å²) in [6.45, 7) is 10.8. The molecule has 0 saturated carbocycles. The van der Waals surface area contributed by atoms with Crippen LogP contribution in [0.25, 0.3) is 0 Å². The van der Waals surface area contributed by atoms with E-state index in [1.54, 1.807) is 0 Å². The van der Waals surface area contributed by atoms with Crippen LogP contribution in [0, 0.1) is 5.92 Å². The van der Waals surface area contributed by atoms with Gasteiger partial charge in [0.05, 0.1) is 0 Å². The molecule has 0 saturated heterocycles. The molecule has 0 bridgehead atoms. The third kappa shape index (κ3) is 13.1. The molecule has 0 amide bonds. The first-order chi connectivity index (χ1) is 4.85. The lowest BCUT2D eigenvalue weighted by molar-refractivity contribution is 0.451. The lowest BCUT2D eigenvalue weighted by Gasteiger charge is -2.08. The van der Waals surface area contributed by atoms with Gasteiger partial charge in [0, 0.05) is 0 Å². The number of hydrogen-bond acceptors (Lipinski definition) is 0. The van der Waals surface area contributed by atoms with Gasteiger partial charge in [-0.1, -0.05) is 67.7 Å². The van der Waals surface area contributed by atoms with E-state index in [0.717, 1.165) is 5.92 Å². The largest absolute Gasteiger partial charge is 0.0776 e. The van der Waals surface area contributed by atoms with Crippen LogP contribution in [0.3, 0.4) is 0 Å². The summed E-state index contributed by atoms with van der Waals surface area (Å²) in [5.74, 6) is 1.000. The first-order valence-corrected chi connectivity index (χ1v) is 4.85. The van der Waals surface area contributed by atoms with E-state index >= 15 is 0 Å². The molecule has 0 unspecified atom stereocenters. The third-order valence-electron chi connectivity index (χ3n) is 1.85. The average Bonchev–Trinajstić information content (AvgIpc) is 2.04. The van der Waals surface area contributed by atoms with Crippen molar-refractivity contribution in [1.29, 1.82) is 0 Å². The fourth-order valence-corrected chi connectivity index (χ4v) is 1.11. The fraction of sp³-hybridized carbons (Fsp3) is 1.00. The molecule has 0 heterocycles. The molecular weight excluding hydrogens is 132 g/mol. The van der Waals surface area contributed by atoms with Crippen molar-refractivity contribution in [3.05, 3.63) is 0 Å². The Hall–Kier alpha value is 0. The Morgan fingerprint density at radius 2 is 1.27 bits per heavy atom. The Labute approximate surface area is 74.4 Å². The molecule has 0 N–H and O–H groups in total. The molecule has 0 spiro atoms. The molecule has 0 heteroatoms. The summed E-state index contributed by atoms with van der Waals surface area (Å²) in [5, 5.41) is 0. The summed E-state index contributed by atoms with van der Waals surface area (Å²) in [6, 6.07) is 0. The summed E-state index contributed by atoms with van der Waals surface area (Å²) in [5.41, 5.74) is 0. The second-order valence-electron chi connectivity index (χ2n) is 2.47. The van der Waals surface area contributed by atoms with Gasteiger partial charge in [-0.05, 0) is 5.92 Å². The zero-order valence-electron chi connectivity index (χ0n) is 8.41. The van der Waals surface area contributed by atoms with Crippen molar-refractivity contribution >= 4 is 0 Å². The van der Waals surface area contributed by atoms with Crippen LogP contribution in [0.15, 0.2) is 0 Å². The SMILES string of the molecule is C.CC.CCCC(CC)CC. The van der Waals surface area contributed by atoms with Gasteiger partial charge in [-0.25, -0.2) is 0 Å². The van der Waals surface area contributed by atoms with Gasteiger partial charge in [-0.15, -0.1) is 0 Å². The fourth-order valence-electron chi connectivity index (χ4n) is 1.11. The van der Waals surface area contributed by atoms with Crippen LogP contribution in [0.5, 0.6) is 0 Å². The standard InChI is InChI=1S/C8H18.C2H6.CH4/c1-4-7-8(5-2)6-3;1-2;/h8H,4-7H2,1-3H3;1-2H3;1H4. The molecule has 0 aromatic carbocycles. The van der Waals surface area contributed by atoms with Crippen LogP contribution in [-0.4, -0.2) is 0 Å². The Morgan fingerprint density at radius 1 is 0.909 bits per heavy atom. The molecule has 0 aromatic heterocycles. The zero-order chi connectivity index (χ0) is 8.41. The van der Waals surface area contributed by atoms with E-state index in [-0.39, 0.29) is 7.43 Å². The van der Waals surface area contributed by atoms with Gasteiger partial charge < -0.3 is 0 Å². The van der Waals surface area contributed by atoms with Gasteiger partial charge in [0.2, 0.25) is 0 Å². The summed E-state index contributed by atoms with van der Waals surface area (Å²) in [6.07, 6.45) is 5.51. The third-order valence-corrected chi connectivity index (χ3v) is 1.85. The van der Waals surface area contributed by atoms with Crippen molar-refractivity contribution in [2.75, 3.05) is 0 Å². The van der Waals surface area contributed by atoms with E-state index in [4.69, 9.17) is 0 Å². The number of hydrogen-bond donors (Lipinski definition) is 0. The van der Waals surface area contributed by atoms with Gasteiger partial charge in [0.25, 0.3) is 0 Å². The predicted octanol–water partition coefficient (Wildman–Crippen LogP) is 4.89. The summed E-state index contributed by atoms with van der Waals surface area (Å²) < 4.78 is 0. The van der Waals surface area contributed by atoms with E-state index in [1.807, 2.05) is 13.8 Å². The summed E-state index contributed by atoms with van der Waals surface area (Å²) >= 11 is 0. The molecule has 0 aliphatic rings. The average molecular weight is 160 g/mol. The van der Waals surface area contributed by atoms with E-state index < -0.39 is 0 Å². The Morgan fingerprint density at radius 3 is 1.36 bits per heavy atom. The minimum absolute atomic E-state index is 0. The van der Waals surface area contributed by atoms with Crippen molar-refractivity contribution in [3.8, 4) is 0 Å². The van der Waals surface area contributed by atoms with Crippen molar-refractivity contribution in [3.63, 3.8) is 0 Å². The Kier molecular flexibility index (Phi) is 25.8. The molecular formula is C11H28. The van der Waals surface area contributed by atoms with Crippen molar-refractivity contribution in [2.45, 2.75) is 67.7 Å². The van der Waals surface area contributed by atoms with Crippen LogP contribution in [0.1, 0.15) is 67.7 Å². The topological polar surface area (TPSA) is 0 Å². The normalized spacial score (nSPS) is 8.18. The maximum Gasteiger partial charge on any atom is -0.0420 e. The zero-order valence-corrected chi connectivity index (χ0v) is 8.41. The second-order valence-corrected chi connectivity index (χ2v) is 2.47. The van der Waals surface area contributed by atoms with Gasteiger partial charge >= 0.3 is 0 Å². The van der Waals surface area contributed by atoms with Crippen LogP contribution in [0.2, 0.25) is 0 Å². The van der Waals surface area contributed by atoms with Crippen LogP contribution >= 0.6 is 0 Å². The highest BCUT2D eigenvalue weighted by Gasteiger charge is 1.98. The summed E-state index contributed by atoms with van der Waals surface area (Å²) in [4.78, 5) is 0. The van der Waals surface area contributed by atoms with Gasteiger partial charge in [0.1, 0.15) is 0 Å². The maximum absolute atomic E-state index is 2.28. The highest BCUT2D eigenvalue weighted by molar-refractivity contribution is 4.51. The minimum Gasteiger partial charge on any atom is -0.0776 e. The van der Waals surface area contributed by atoms with Gasteiger partial charge in [0.15, 0.2) is 0 Å². The molecule has 0 aromatic rings. The molecule has 0 aliphatic heterocycles. The molecule has 11 heavy (non-hydrogen) atoms. The highest BCUT2D eigenvalue weighted by Crippen LogP contribution is 2.13.